The van der Waals surface area contributed by atoms with Gasteiger partial charge in [-0.2, -0.15) is 5.10 Å². The highest BCUT2D eigenvalue weighted by atomic mass is 32.2. The van der Waals surface area contributed by atoms with E-state index in [9.17, 15) is 4.79 Å². The van der Waals surface area contributed by atoms with Gasteiger partial charge in [0, 0.05) is 10.9 Å². The van der Waals surface area contributed by atoms with Crippen LogP contribution in [0.2, 0.25) is 0 Å². The summed E-state index contributed by atoms with van der Waals surface area (Å²) in [5, 5.41) is 5.12. The predicted molar refractivity (Wildman–Crippen MR) is 104 cm³/mol. The van der Waals surface area contributed by atoms with Crippen LogP contribution in [-0.4, -0.2) is 27.8 Å². The molecule has 0 spiro atoms. The highest BCUT2D eigenvalue weighted by molar-refractivity contribution is 8.01. The number of aromatic nitrogens is 2. The number of hydrazone groups is 1. The standard InChI is InChI=1S/C18H14N4OS2/c23-17(11-24-18-21-15-7-3-4-8-16(15)25-18)22-19-10-13-9-12-5-1-2-6-14(12)20-13/h1-10,20H,11H2,(H,22,23)/b19-10+. The largest absolute Gasteiger partial charge is 0.354 e. The summed E-state index contributed by atoms with van der Waals surface area (Å²) in [6.45, 7) is 0. The molecule has 4 aromatic rings. The molecule has 2 heterocycles. The summed E-state index contributed by atoms with van der Waals surface area (Å²) in [5.74, 6) is 0.126. The van der Waals surface area contributed by atoms with E-state index < -0.39 is 0 Å². The fourth-order valence-electron chi connectivity index (χ4n) is 2.41. The maximum absolute atomic E-state index is 11.9. The second kappa shape index (κ2) is 7.08. The van der Waals surface area contributed by atoms with Gasteiger partial charge in [0.1, 0.15) is 0 Å². The smallest absolute Gasteiger partial charge is 0.250 e. The Morgan fingerprint density at radius 3 is 2.96 bits per heavy atom. The molecule has 25 heavy (non-hydrogen) atoms. The lowest BCUT2D eigenvalue weighted by Gasteiger charge is -1.96. The quantitative estimate of drug-likeness (QED) is 0.318. The van der Waals surface area contributed by atoms with Crippen LogP contribution in [0.5, 0.6) is 0 Å². The lowest BCUT2D eigenvalue weighted by molar-refractivity contribution is -0.118. The number of carbonyl (C=O) groups is 1. The normalized spacial score (nSPS) is 11.5. The average Bonchev–Trinajstić information content (AvgIpc) is 3.23. The maximum Gasteiger partial charge on any atom is 0.250 e. The van der Waals surface area contributed by atoms with Crippen molar-refractivity contribution in [3.8, 4) is 0 Å². The van der Waals surface area contributed by atoms with Crippen LogP contribution in [0.3, 0.4) is 0 Å². The van der Waals surface area contributed by atoms with Crippen LogP contribution in [0.25, 0.3) is 21.1 Å². The minimum Gasteiger partial charge on any atom is -0.354 e. The van der Waals surface area contributed by atoms with Crippen molar-refractivity contribution in [2.24, 2.45) is 5.10 Å². The molecule has 2 N–H and O–H groups in total. The summed E-state index contributed by atoms with van der Waals surface area (Å²) >= 11 is 3.01. The van der Waals surface area contributed by atoms with Crippen molar-refractivity contribution in [3.63, 3.8) is 0 Å². The number of nitrogens with zero attached hydrogens (tertiary/aromatic N) is 2. The number of rotatable bonds is 5. The topological polar surface area (TPSA) is 70.1 Å². The zero-order valence-electron chi connectivity index (χ0n) is 13.1. The van der Waals surface area contributed by atoms with E-state index in [1.54, 1.807) is 17.6 Å². The molecule has 2 aromatic heterocycles. The first-order chi connectivity index (χ1) is 12.3. The van der Waals surface area contributed by atoms with Gasteiger partial charge in [-0.1, -0.05) is 42.1 Å². The average molecular weight is 366 g/mol. The van der Waals surface area contributed by atoms with E-state index in [4.69, 9.17) is 0 Å². The number of carbonyl (C=O) groups excluding carboxylic acids is 1. The number of thiazole rings is 1. The number of para-hydroxylation sites is 2. The molecule has 0 aliphatic rings. The van der Waals surface area contributed by atoms with Gasteiger partial charge in [0.15, 0.2) is 4.34 Å². The van der Waals surface area contributed by atoms with Crippen LogP contribution in [0, 0.1) is 0 Å². The number of aromatic amines is 1. The van der Waals surface area contributed by atoms with Crippen LogP contribution in [0.15, 0.2) is 64.0 Å². The predicted octanol–water partition coefficient (Wildman–Crippen LogP) is 4.02. The molecule has 0 aliphatic heterocycles. The Balaban J connectivity index is 1.32. The van der Waals surface area contributed by atoms with E-state index in [2.05, 4.69) is 20.5 Å². The third kappa shape index (κ3) is 3.72. The Bertz CT molecular complexity index is 1000. The molecule has 0 unspecified atom stereocenters. The monoisotopic (exact) mass is 366 g/mol. The summed E-state index contributed by atoms with van der Waals surface area (Å²) < 4.78 is 2.01. The molecule has 4 rings (SSSR count). The number of nitrogens with one attached hydrogen (secondary N) is 2. The molecule has 0 aliphatic carbocycles. The molecule has 0 saturated carbocycles. The van der Waals surface area contributed by atoms with Gasteiger partial charge in [-0.3, -0.25) is 4.79 Å². The zero-order valence-corrected chi connectivity index (χ0v) is 14.7. The van der Waals surface area contributed by atoms with Gasteiger partial charge in [-0.15, -0.1) is 11.3 Å². The third-order valence-electron chi connectivity index (χ3n) is 3.54. The number of amides is 1. The van der Waals surface area contributed by atoms with Crippen molar-refractivity contribution >= 4 is 56.3 Å². The van der Waals surface area contributed by atoms with E-state index in [1.165, 1.54) is 11.8 Å². The Kier molecular flexibility index (Phi) is 4.49. The van der Waals surface area contributed by atoms with E-state index in [0.717, 1.165) is 31.2 Å². The fraction of sp³-hybridized carbons (Fsp3) is 0.0556. The lowest BCUT2D eigenvalue weighted by Crippen LogP contribution is -2.19. The minimum absolute atomic E-state index is 0.156. The molecule has 0 fully saturated rings. The van der Waals surface area contributed by atoms with Crippen molar-refractivity contribution in [2.75, 3.05) is 5.75 Å². The Hall–Kier alpha value is -2.64. The fourth-order valence-corrected chi connectivity index (χ4v) is 4.27. The number of fused-ring (bicyclic) bond motifs is 2. The van der Waals surface area contributed by atoms with Crippen molar-refractivity contribution in [2.45, 2.75) is 4.34 Å². The number of thioether (sulfide) groups is 1. The minimum atomic E-state index is -0.156. The number of hydrogen-bond acceptors (Lipinski definition) is 5. The van der Waals surface area contributed by atoms with Gasteiger partial charge >= 0.3 is 0 Å². The Morgan fingerprint density at radius 1 is 1.24 bits per heavy atom. The van der Waals surface area contributed by atoms with E-state index >= 15 is 0 Å². The molecule has 124 valence electrons. The van der Waals surface area contributed by atoms with Crippen molar-refractivity contribution in [3.05, 3.63) is 60.3 Å². The van der Waals surface area contributed by atoms with E-state index in [0.29, 0.717) is 0 Å². The first kappa shape index (κ1) is 15.9. The molecular weight excluding hydrogens is 352 g/mol. The number of benzene rings is 2. The maximum atomic E-state index is 11.9. The number of hydrogen-bond donors (Lipinski definition) is 2. The summed E-state index contributed by atoms with van der Waals surface area (Å²) in [4.78, 5) is 19.6. The van der Waals surface area contributed by atoms with E-state index in [-0.39, 0.29) is 11.7 Å². The molecule has 0 atom stereocenters. The van der Waals surface area contributed by atoms with Gasteiger partial charge in [0.05, 0.1) is 27.9 Å². The lowest BCUT2D eigenvalue weighted by atomic mass is 10.2. The Labute approximate surface area is 152 Å². The second-order valence-electron chi connectivity index (χ2n) is 5.34. The van der Waals surface area contributed by atoms with Crippen LogP contribution in [-0.2, 0) is 4.79 Å². The van der Waals surface area contributed by atoms with Crippen LogP contribution < -0.4 is 5.43 Å². The molecule has 7 heteroatoms. The number of H-pyrrole nitrogens is 1. The molecule has 0 saturated heterocycles. The summed E-state index contributed by atoms with van der Waals surface area (Å²) in [6.07, 6.45) is 1.61. The summed E-state index contributed by atoms with van der Waals surface area (Å²) in [5.41, 5.74) is 5.40. The first-order valence-electron chi connectivity index (χ1n) is 7.66. The highest BCUT2D eigenvalue weighted by Gasteiger charge is 2.07. The van der Waals surface area contributed by atoms with Crippen molar-refractivity contribution < 1.29 is 4.79 Å². The van der Waals surface area contributed by atoms with Crippen LogP contribution >= 0.6 is 23.1 Å². The highest BCUT2D eigenvalue weighted by Crippen LogP contribution is 2.28. The SMILES string of the molecule is O=C(CSc1nc2ccccc2s1)N/N=C/c1cc2ccccc2[nH]1. The Morgan fingerprint density at radius 2 is 2.08 bits per heavy atom. The third-order valence-corrected chi connectivity index (χ3v) is 5.72. The van der Waals surface area contributed by atoms with Crippen LogP contribution in [0.4, 0.5) is 0 Å². The molecule has 0 bridgehead atoms. The van der Waals surface area contributed by atoms with Gasteiger partial charge in [0.25, 0.3) is 5.91 Å². The first-order valence-corrected chi connectivity index (χ1v) is 9.46. The van der Waals surface area contributed by atoms with E-state index in [1.807, 2.05) is 54.6 Å². The molecule has 1 amide bonds. The molecule has 0 radical (unpaired) electrons. The van der Waals surface area contributed by atoms with Crippen molar-refractivity contribution in [1.29, 1.82) is 0 Å². The van der Waals surface area contributed by atoms with Gasteiger partial charge in [0.2, 0.25) is 0 Å². The van der Waals surface area contributed by atoms with Gasteiger partial charge < -0.3 is 4.98 Å². The molecule has 5 nitrogen and oxygen atoms in total. The van der Waals surface area contributed by atoms with Crippen molar-refractivity contribution in [1.82, 2.24) is 15.4 Å². The van der Waals surface area contributed by atoms with Crippen LogP contribution in [0.1, 0.15) is 5.69 Å². The van der Waals surface area contributed by atoms with Gasteiger partial charge in [-0.25, -0.2) is 10.4 Å². The summed E-state index contributed by atoms with van der Waals surface area (Å²) in [7, 11) is 0. The van der Waals surface area contributed by atoms with Gasteiger partial charge in [-0.05, 0) is 24.3 Å². The summed E-state index contributed by atoms with van der Waals surface area (Å²) in [6, 6.07) is 17.9. The second-order valence-corrected chi connectivity index (χ2v) is 7.59. The molecular formula is C18H14N4OS2. The zero-order chi connectivity index (χ0) is 17.1. The molecule has 2 aromatic carbocycles.